The van der Waals surface area contributed by atoms with Gasteiger partial charge in [-0.3, -0.25) is 9.52 Å². The molecule has 0 bridgehead atoms. The van der Waals surface area contributed by atoms with Gasteiger partial charge in [0, 0.05) is 30.2 Å². The summed E-state index contributed by atoms with van der Waals surface area (Å²) in [4.78, 5) is 14.5. The van der Waals surface area contributed by atoms with Crippen molar-refractivity contribution in [2.24, 2.45) is 0 Å². The zero-order valence-corrected chi connectivity index (χ0v) is 14.7. The molecule has 122 valence electrons. The molecule has 0 aliphatic rings. The highest BCUT2D eigenvalue weighted by atomic mass is 32.2. The number of sulfonamides is 1. The van der Waals surface area contributed by atoms with Crippen LogP contribution in [-0.2, 0) is 10.0 Å². The lowest BCUT2D eigenvalue weighted by atomic mass is 10.2. The second-order valence-corrected chi connectivity index (χ2v) is 7.62. The predicted octanol–water partition coefficient (Wildman–Crippen LogP) is 2.91. The fourth-order valence-electron chi connectivity index (χ4n) is 1.91. The first-order valence-corrected chi connectivity index (χ1v) is 9.53. The normalized spacial score (nSPS) is 11.1. The number of nitrogens with one attached hydrogen (secondary N) is 1. The number of carbonyl (C=O) groups is 1. The number of anilines is 1. The van der Waals surface area contributed by atoms with Crippen LogP contribution in [0.3, 0.4) is 0 Å². The maximum atomic E-state index is 12.3. The monoisotopic (exact) mass is 350 g/mol. The molecule has 0 fully saturated rings. The van der Waals surface area contributed by atoms with Gasteiger partial charge in [0.1, 0.15) is 0 Å². The number of rotatable bonds is 5. The molecule has 2 rings (SSSR count). The molecule has 7 heteroatoms. The van der Waals surface area contributed by atoms with E-state index in [2.05, 4.69) is 4.72 Å². The van der Waals surface area contributed by atoms with Gasteiger partial charge in [-0.25, -0.2) is 8.42 Å². The Labute approximate surface area is 140 Å². The van der Waals surface area contributed by atoms with Gasteiger partial charge >= 0.3 is 0 Å². The highest BCUT2D eigenvalue weighted by molar-refractivity contribution is 7.98. The third kappa shape index (κ3) is 4.27. The third-order valence-electron chi connectivity index (χ3n) is 3.16. The predicted molar refractivity (Wildman–Crippen MR) is 93.5 cm³/mol. The second kappa shape index (κ2) is 7.06. The Morgan fingerprint density at radius 3 is 2.04 bits per heavy atom. The first kappa shape index (κ1) is 17.4. The van der Waals surface area contributed by atoms with Gasteiger partial charge in [-0.1, -0.05) is 0 Å². The number of benzene rings is 2. The third-order valence-corrected chi connectivity index (χ3v) is 5.30. The molecule has 0 radical (unpaired) electrons. The Kier molecular flexibility index (Phi) is 5.33. The molecule has 0 saturated carbocycles. The molecule has 2 aromatic rings. The molecule has 0 atom stereocenters. The van der Waals surface area contributed by atoms with Crippen LogP contribution in [0.15, 0.2) is 58.3 Å². The average Bonchev–Trinajstić information content (AvgIpc) is 2.54. The van der Waals surface area contributed by atoms with Gasteiger partial charge in [0.2, 0.25) is 0 Å². The zero-order valence-electron chi connectivity index (χ0n) is 13.1. The van der Waals surface area contributed by atoms with Gasteiger partial charge in [0.15, 0.2) is 0 Å². The van der Waals surface area contributed by atoms with Crippen molar-refractivity contribution in [2.75, 3.05) is 25.1 Å². The van der Waals surface area contributed by atoms with Crippen LogP contribution in [0.5, 0.6) is 0 Å². The van der Waals surface area contributed by atoms with Crippen LogP contribution in [-0.4, -0.2) is 39.6 Å². The Morgan fingerprint density at radius 2 is 1.57 bits per heavy atom. The molecule has 0 unspecified atom stereocenters. The molecule has 0 spiro atoms. The summed E-state index contributed by atoms with van der Waals surface area (Å²) in [6, 6.07) is 13.0. The molecular weight excluding hydrogens is 332 g/mol. The van der Waals surface area contributed by atoms with E-state index >= 15 is 0 Å². The molecule has 0 heterocycles. The molecule has 1 amide bonds. The standard InChI is InChI=1S/C16H18N2O3S2/c1-18(2)16(19)12-4-6-13(7-5-12)17-23(20,21)15-10-8-14(22-3)9-11-15/h4-11,17H,1-3H3. The summed E-state index contributed by atoms with van der Waals surface area (Å²) in [5.41, 5.74) is 0.913. The van der Waals surface area contributed by atoms with Crippen LogP contribution < -0.4 is 4.72 Å². The molecule has 0 aromatic heterocycles. The number of amides is 1. The summed E-state index contributed by atoms with van der Waals surface area (Å²) >= 11 is 1.55. The topological polar surface area (TPSA) is 66.5 Å². The van der Waals surface area contributed by atoms with Crippen molar-refractivity contribution in [3.63, 3.8) is 0 Å². The van der Waals surface area contributed by atoms with Crippen LogP contribution >= 0.6 is 11.8 Å². The number of thioether (sulfide) groups is 1. The van der Waals surface area contributed by atoms with Crippen LogP contribution in [0.1, 0.15) is 10.4 Å². The van der Waals surface area contributed by atoms with Gasteiger partial charge in [0.25, 0.3) is 15.9 Å². The van der Waals surface area contributed by atoms with Crippen molar-refractivity contribution < 1.29 is 13.2 Å². The molecule has 0 saturated heterocycles. The summed E-state index contributed by atoms with van der Waals surface area (Å²) in [5.74, 6) is -0.132. The van der Waals surface area contributed by atoms with E-state index in [0.29, 0.717) is 11.3 Å². The van der Waals surface area contributed by atoms with E-state index in [1.165, 1.54) is 4.90 Å². The first-order valence-electron chi connectivity index (χ1n) is 6.82. The minimum Gasteiger partial charge on any atom is -0.345 e. The fraction of sp³-hybridized carbons (Fsp3) is 0.188. The SMILES string of the molecule is CSc1ccc(S(=O)(=O)Nc2ccc(C(=O)N(C)C)cc2)cc1. The van der Waals surface area contributed by atoms with Gasteiger partial charge in [0.05, 0.1) is 4.90 Å². The maximum absolute atomic E-state index is 12.3. The van der Waals surface area contributed by atoms with Crippen molar-refractivity contribution in [1.82, 2.24) is 4.90 Å². The molecule has 5 nitrogen and oxygen atoms in total. The lowest BCUT2D eigenvalue weighted by Gasteiger charge is -2.12. The van der Waals surface area contributed by atoms with E-state index in [4.69, 9.17) is 0 Å². The van der Waals surface area contributed by atoms with E-state index < -0.39 is 10.0 Å². The number of hydrogen-bond donors (Lipinski definition) is 1. The Bertz CT molecular complexity index is 783. The Hall–Kier alpha value is -1.99. The summed E-state index contributed by atoms with van der Waals surface area (Å²) < 4.78 is 27.2. The van der Waals surface area contributed by atoms with E-state index in [-0.39, 0.29) is 10.8 Å². The summed E-state index contributed by atoms with van der Waals surface area (Å²) in [7, 11) is -0.315. The second-order valence-electron chi connectivity index (χ2n) is 5.06. The van der Waals surface area contributed by atoms with Gasteiger partial charge < -0.3 is 4.90 Å². The smallest absolute Gasteiger partial charge is 0.261 e. The summed E-state index contributed by atoms with van der Waals surface area (Å²) in [6.45, 7) is 0. The van der Waals surface area contributed by atoms with E-state index in [1.807, 2.05) is 6.26 Å². The lowest BCUT2D eigenvalue weighted by Crippen LogP contribution is -2.21. The van der Waals surface area contributed by atoms with E-state index in [1.54, 1.807) is 74.4 Å². The average molecular weight is 350 g/mol. The Balaban J connectivity index is 2.18. The quantitative estimate of drug-likeness (QED) is 0.842. The summed E-state index contributed by atoms with van der Waals surface area (Å²) in [6.07, 6.45) is 1.93. The number of nitrogens with zero attached hydrogens (tertiary/aromatic N) is 1. The van der Waals surface area contributed by atoms with Gasteiger partial charge in [-0.15, -0.1) is 11.8 Å². The number of hydrogen-bond acceptors (Lipinski definition) is 4. The van der Waals surface area contributed by atoms with Crippen molar-refractivity contribution in [1.29, 1.82) is 0 Å². The minimum absolute atomic E-state index is 0.132. The highest BCUT2D eigenvalue weighted by Crippen LogP contribution is 2.20. The van der Waals surface area contributed by atoms with E-state index in [9.17, 15) is 13.2 Å². The zero-order chi connectivity index (χ0) is 17.0. The highest BCUT2D eigenvalue weighted by Gasteiger charge is 2.14. The maximum Gasteiger partial charge on any atom is 0.261 e. The number of carbonyl (C=O) groups excluding carboxylic acids is 1. The largest absolute Gasteiger partial charge is 0.345 e. The molecule has 1 N–H and O–H groups in total. The molecular formula is C16H18N2O3S2. The minimum atomic E-state index is -3.64. The van der Waals surface area contributed by atoms with Crippen LogP contribution in [0.4, 0.5) is 5.69 Å². The van der Waals surface area contributed by atoms with Gasteiger partial charge in [-0.2, -0.15) is 0 Å². The fourth-order valence-corrected chi connectivity index (χ4v) is 3.37. The van der Waals surface area contributed by atoms with Crippen molar-refractivity contribution in [3.8, 4) is 0 Å². The van der Waals surface area contributed by atoms with E-state index in [0.717, 1.165) is 4.90 Å². The van der Waals surface area contributed by atoms with Gasteiger partial charge in [-0.05, 0) is 54.8 Å². The van der Waals surface area contributed by atoms with Crippen LogP contribution in [0, 0.1) is 0 Å². The van der Waals surface area contributed by atoms with Crippen molar-refractivity contribution in [2.45, 2.75) is 9.79 Å². The van der Waals surface area contributed by atoms with Crippen molar-refractivity contribution in [3.05, 3.63) is 54.1 Å². The molecule has 0 aliphatic carbocycles. The first-order chi connectivity index (χ1) is 10.8. The molecule has 23 heavy (non-hydrogen) atoms. The molecule has 0 aliphatic heterocycles. The summed E-state index contributed by atoms with van der Waals surface area (Å²) in [5, 5.41) is 0. The Morgan fingerprint density at radius 1 is 1.00 bits per heavy atom. The lowest BCUT2D eigenvalue weighted by molar-refractivity contribution is 0.0827. The van der Waals surface area contributed by atoms with Crippen LogP contribution in [0.25, 0.3) is 0 Å². The molecule has 2 aromatic carbocycles. The van der Waals surface area contributed by atoms with Crippen LogP contribution in [0.2, 0.25) is 0 Å². The van der Waals surface area contributed by atoms with Crippen molar-refractivity contribution >= 4 is 33.4 Å².